The number of aromatic nitrogens is 1. The number of piperidine rings is 1. The van der Waals surface area contributed by atoms with Crippen LogP contribution in [0.5, 0.6) is 0 Å². The van der Waals surface area contributed by atoms with E-state index < -0.39 is 0 Å². The van der Waals surface area contributed by atoms with Gasteiger partial charge in [-0.1, -0.05) is 13.8 Å². The number of thiazole rings is 1. The third-order valence-electron chi connectivity index (χ3n) is 6.17. The van der Waals surface area contributed by atoms with E-state index in [1.807, 2.05) is 7.05 Å². The number of esters is 1. The molecule has 0 saturated carbocycles. The minimum Gasteiger partial charge on any atom is -0.469 e. The van der Waals surface area contributed by atoms with Gasteiger partial charge >= 0.3 is 5.97 Å². The molecule has 2 unspecified atom stereocenters. The number of likely N-dealkylation sites (tertiary alicyclic amines) is 2. The van der Waals surface area contributed by atoms with Gasteiger partial charge in [0.25, 0.3) is 0 Å². The van der Waals surface area contributed by atoms with Crippen molar-refractivity contribution < 1.29 is 9.53 Å². The summed E-state index contributed by atoms with van der Waals surface area (Å²) in [6, 6.07) is 0. The molecule has 2 atom stereocenters. The monoisotopic (exact) mass is 549 g/mol. The second-order valence-corrected chi connectivity index (χ2v) is 9.19. The van der Waals surface area contributed by atoms with E-state index in [0.717, 1.165) is 45.1 Å². The Hall–Kier alpha value is -0.940. The quantitative estimate of drug-likeness (QED) is 0.255. The topological polar surface area (TPSA) is 70.1 Å². The van der Waals surface area contributed by atoms with Crippen molar-refractivity contribution in [1.82, 2.24) is 20.1 Å². The van der Waals surface area contributed by atoms with Gasteiger partial charge in [0.15, 0.2) is 5.96 Å². The first-order valence-electron chi connectivity index (χ1n) is 10.7. The van der Waals surface area contributed by atoms with Crippen molar-refractivity contribution in [2.45, 2.75) is 39.7 Å². The van der Waals surface area contributed by atoms with Crippen LogP contribution in [0.1, 0.15) is 37.4 Å². The summed E-state index contributed by atoms with van der Waals surface area (Å²) in [6.07, 6.45) is 3.40. The van der Waals surface area contributed by atoms with Crippen LogP contribution >= 0.6 is 35.3 Å². The van der Waals surface area contributed by atoms with Crippen LogP contribution in [0.4, 0.5) is 0 Å². The number of nitrogens with one attached hydrogen (secondary N) is 1. The summed E-state index contributed by atoms with van der Waals surface area (Å²) in [5.74, 6) is 1.65. The molecule has 2 saturated heterocycles. The number of ether oxygens (including phenoxy) is 1. The van der Waals surface area contributed by atoms with Crippen LogP contribution in [0.25, 0.3) is 0 Å². The van der Waals surface area contributed by atoms with Gasteiger partial charge in [-0.15, -0.1) is 35.3 Å². The first-order chi connectivity index (χ1) is 14.0. The molecular formula is C21H36IN5O2S. The van der Waals surface area contributed by atoms with E-state index in [1.54, 1.807) is 11.3 Å². The average molecular weight is 550 g/mol. The van der Waals surface area contributed by atoms with Crippen LogP contribution in [-0.4, -0.2) is 73.6 Å². The van der Waals surface area contributed by atoms with Gasteiger partial charge in [0.2, 0.25) is 0 Å². The predicted molar refractivity (Wildman–Crippen MR) is 133 cm³/mol. The average Bonchev–Trinajstić information content (AvgIpc) is 3.35. The molecule has 3 heterocycles. The second kappa shape index (κ2) is 12.2. The molecule has 0 aromatic carbocycles. The van der Waals surface area contributed by atoms with Gasteiger partial charge in [0, 0.05) is 38.6 Å². The third kappa shape index (κ3) is 6.53. The van der Waals surface area contributed by atoms with Crippen molar-refractivity contribution in [2.75, 3.05) is 46.9 Å². The van der Waals surface area contributed by atoms with Crippen molar-refractivity contribution in [3.05, 3.63) is 16.1 Å². The van der Waals surface area contributed by atoms with Gasteiger partial charge in [-0.3, -0.25) is 14.7 Å². The minimum atomic E-state index is -0.117. The zero-order valence-electron chi connectivity index (χ0n) is 18.6. The molecule has 30 heavy (non-hydrogen) atoms. The summed E-state index contributed by atoms with van der Waals surface area (Å²) in [5, 5.41) is 6.99. The number of aryl methyl sites for hydroxylation is 1. The Morgan fingerprint density at radius 2 is 2.10 bits per heavy atom. The highest BCUT2D eigenvalue weighted by atomic mass is 127. The lowest BCUT2D eigenvalue weighted by Crippen LogP contribution is -2.44. The molecule has 0 aliphatic carbocycles. The van der Waals surface area contributed by atoms with Crippen LogP contribution in [0.2, 0.25) is 0 Å². The fraction of sp³-hybridized carbons (Fsp3) is 0.762. The van der Waals surface area contributed by atoms with Gasteiger partial charge in [-0.2, -0.15) is 0 Å². The van der Waals surface area contributed by atoms with E-state index in [2.05, 4.69) is 39.3 Å². The van der Waals surface area contributed by atoms with Gasteiger partial charge in [-0.25, -0.2) is 4.98 Å². The smallest absolute Gasteiger partial charge is 0.310 e. The molecule has 0 spiro atoms. The highest BCUT2D eigenvalue weighted by Gasteiger charge is 2.37. The molecule has 170 valence electrons. The highest BCUT2D eigenvalue weighted by molar-refractivity contribution is 14.0. The van der Waals surface area contributed by atoms with Gasteiger partial charge < -0.3 is 15.0 Å². The molecule has 3 rings (SSSR count). The van der Waals surface area contributed by atoms with Crippen LogP contribution < -0.4 is 5.32 Å². The van der Waals surface area contributed by atoms with Crippen LogP contribution in [-0.2, 0) is 22.5 Å². The minimum absolute atomic E-state index is 0. The number of carbonyl (C=O) groups is 1. The summed E-state index contributed by atoms with van der Waals surface area (Å²) in [5.41, 5.74) is 1.21. The van der Waals surface area contributed by atoms with E-state index in [-0.39, 0.29) is 41.8 Å². The Morgan fingerprint density at radius 1 is 1.37 bits per heavy atom. The predicted octanol–water partition coefficient (Wildman–Crippen LogP) is 2.85. The lowest BCUT2D eigenvalue weighted by Gasteiger charge is -2.32. The van der Waals surface area contributed by atoms with Crippen molar-refractivity contribution in [3.8, 4) is 0 Å². The molecule has 1 aromatic heterocycles. The molecule has 2 aliphatic rings. The molecule has 1 aromatic rings. The first-order valence-corrected chi connectivity index (χ1v) is 11.6. The molecule has 0 bridgehead atoms. The molecule has 1 N–H and O–H groups in total. The number of rotatable bonds is 6. The number of methoxy groups -OCH3 is 1. The van der Waals surface area contributed by atoms with Crippen LogP contribution in [0.3, 0.4) is 0 Å². The Morgan fingerprint density at radius 3 is 2.70 bits per heavy atom. The lowest BCUT2D eigenvalue weighted by atomic mass is 9.97. The van der Waals surface area contributed by atoms with E-state index in [1.165, 1.54) is 30.7 Å². The summed E-state index contributed by atoms with van der Waals surface area (Å²) in [6.45, 7) is 9.93. The van der Waals surface area contributed by atoms with Crippen LogP contribution in [0, 0.1) is 17.8 Å². The van der Waals surface area contributed by atoms with Crippen molar-refractivity contribution in [1.29, 1.82) is 0 Å². The molecule has 7 nitrogen and oxygen atoms in total. The number of guanidine groups is 1. The van der Waals surface area contributed by atoms with Crippen molar-refractivity contribution in [2.24, 2.45) is 22.7 Å². The second-order valence-electron chi connectivity index (χ2n) is 8.25. The van der Waals surface area contributed by atoms with Gasteiger partial charge in [0.1, 0.15) is 0 Å². The molecule has 2 aliphatic heterocycles. The zero-order chi connectivity index (χ0) is 20.8. The Kier molecular flexibility index (Phi) is 10.3. The van der Waals surface area contributed by atoms with E-state index in [0.29, 0.717) is 12.5 Å². The number of carbonyl (C=O) groups excluding carboxylic acids is 1. The Bertz CT molecular complexity index is 705. The van der Waals surface area contributed by atoms with Gasteiger partial charge in [-0.05, 0) is 44.2 Å². The lowest BCUT2D eigenvalue weighted by molar-refractivity contribution is -0.145. The Labute approximate surface area is 201 Å². The Balaban J connectivity index is 0.00000320. The number of nitrogens with zero attached hydrogens (tertiary/aromatic N) is 4. The molecule has 2 fully saturated rings. The van der Waals surface area contributed by atoms with Gasteiger partial charge in [0.05, 0.1) is 23.7 Å². The first kappa shape index (κ1) is 25.3. The standard InChI is InChI=1S/C21H35N5O2S.HI/c1-5-19-24-17(14-29-19)12-25-8-6-16(7-9-25)10-23-21(22-3)26-11-15(2)18(13-26)20(27)28-4;/h14-16,18H,5-13H2,1-4H3,(H,22,23);1H. The summed E-state index contributed by atoms with van der Waals surface area (Å²) >= 11 is 1.77. The number of halogens is 1. The fourth-order valence-corrected chi connectivity index (χ4v) is 5.06. The maximum atomic E-state index is 11.9. The number of hydrogen-bond donors (Lipinski definition) is 1. The normalized spacial score (nSPS) is 23.3. The molecular weight excluding hydrogens is 513 g/mol. The largest absolute Gasteiger partial charge is 0.469 e. The fourth-order valence-electron chi connectivity index (χ4n) is 4.33. The van der Waals surface area contributed by atoms with Crippen molar-refractivity contribution >= 4 is 47.2 Å². The highest BCUT2D eigenvalue weighted by Crippen LogP contribution is 2.24. The molecule has 0 radical (unpaired) electrons. The summed E-state index contributed by atoms with van der Waals surface area (Å²) in [7, 11) is 3.29. The maximum absolute atomic E-state index is 11.9. The molecule has 9 heteroatoms. The SMILES string of the molecule is CCc1nc(CN2CCC(CNC(=NC)N3CC(C)C(C(=O)OC)C3)CC2)cs1.I. The summed E-state index contributed by atoms with van der Waals surface area (Å²) < 4.78 is 4.95. The van der Waals surface area contributed by atoms with E-state index >= 15 is 0 Å². The maximum Gasteiger partial charge on any atom is 0.310 e. The van der Waals surface area contributed by atoms with E-state index in [9.17, 15) is 4.79 Å². The summed E-state index contributed by atoms with van der Waals surface area (Å²) in [4.78, 5) is 25.8. The third-order valence-corrected chi connectivity index (χ3v) is 7.21. The zero-order valence-corrected chi connectivity index (χ0v) is 21.7. The molecule has 0 amide bonds. The van der Waals surface area contributed by atoms with Crippen molar-refractivity contribution in [3.63, 3.8) is 0 Å². The number of hydrogen-bond acceptors (Lipinski definition) is 6. The van der Waals surface area contributed by atoms with Crippen LogP contribution in [0.15, 0.2) is 10.4 Å². The van der Waals surface area contributed by atoms with E-state index in [4.69, 9.17) is 9.72 Å². The number of aliphatic imine (C=N–C) groups is 1.